The first-order valence-corrected chi connectivity index (χ1v) is 7.21. The molecule has 0 bridgehead atoms. The first-order valence-electron chi connectivity index (χ1n) is 6.42. The van der Waals surface area contributed by atoms with Crippen LogP contribution in [0.2, 0.25) is 0 Å². The maximum atomic E-state index is 12.6. The van der Waals surface area contributed by atoms with E-state index in [-0.39, 0.29) is 18.3 Å². The first kappa shape index (κ1) is 13.8. The lowest BCUT2D eigenvalue weighted by Crippen LogP contribution is -2.25. The molecular weight excluding hydrogens is 334 g/mol. The van der Waals surface area contributed by atoms with E-state index >= 15 is 0 Å². The lowest BCUT2D eigenvalue weighted by atomic mass is 9.98. The number of aryl methyl sites for hydroxylation is 1. The fraction of sp³-hybridized carbons (Fsp3) is 0.125. The topological polar surface area (TPSA) is 55.4 Å². The van der Waals surface area contributed by atoms with Crippen molar-refractivity contribution in [2.45, 2.75) is 6.92 Å². The van der Waals surface area contributed by atoms with Crippen LogP contribution in [0, 0.1) is 6.92 Å². The third-order valence-electron chi connectivity index (χ3n) is 3.32. The van der Waals surface area contributed by atoms with E-state index in [9.17, 15) is 9.59 Å². The Balaban J connectivity index is 2.00. The fourth-order valence-electron chi connectivity index (χ4n) is 2.22. The summed E-state index contributed by atoms with van der Waals surface area (Å²) >= 11 is 3.38. The number of amides is 1. The molecule has 1 N–H and O–H groups in total. The molecular formula is C16H12BrNO3. The Labute approximate surface area is 130 Å². The number of benzene rings is 2. The van der Waals surface area contributed by atoms with Gasteiger partial charge in [-0.25, -0.2) is 0 Å². The number of anilines is 1. The van der Waals surface area contributed by atoms with Crippen LogP contribution in [0.5, 0.6) is 5.75 Å². The molecule has 0 fully saturated rings. The molecule has 0 aliphatic carbocycles. The van der Waals surface area contributed by atoms with Crippen LogP contribution in [0.15, 0.2) is 40.9 Å². The van der Waals surface area contributed by atoms with Gasteiger partial charge in [-0.2, -0.15) is 0 Å². The van der Waals surface area contributed by atoms with E-state index in [1.165, 1.54) is 0 Å². The van der Waals surface area contributed by atoms with Gasteiger partial charge in [-0.1, -0.05) is 22.0 Å². The molecule has 0 atom stereocenters. The standard InChI is InChI=1S/C16H12BrNO3/c1-9-2-4-11(17)7-12(9)16(20)10-3-5-14-13(6-10)18-15(19)8-21-14/h2-7H,8H2,1H3,(H,18,19). The Morgan fingerprint density at radius 2 is 2.05 bits per heavy atom. The van der Waals surface area contributed by atoms with Crippen LogP contribution in [-0.4, -0.2) is 18.3 Å². The lowest BCUT2D eigenvalue weighted by Gasteiger charge is -2.18. The minimum Gasteiger partial charge on any atom is -0.482 e. The van der Waals surface area contributed by atoms with Crippen molar-refractivity contribution in [3.63, 3.8) is 0 Å². The van der Waals surface area contributed by atoms with Crippen LogP contribution in [-0.2, 0) is 4.79 Å². The SMILES string of the molecule is Cc1ccc(Br)cc1C(=O)c1ccc2c(c1)NC(=O)CO2. The van der Waals surface area contributed by atoms with Gasteiger partial charge in [-0.3, -0.25) is 9.59 Å². The predicted octanol–water partition coefficient (Wildman–Crippen LogP) is 3.32. The average Bonchev–Trinajstić information content (AvgIpc) is 2.48. The Bertz CT molecular complexity index is 755. The predicted molar refractivity (Wildman–Crippen MR) is 82.9 cm³/mol. The van der Waals surface area contributed by atoms with Crippen LogP contribution in [0.3, 0.4) is 0 Å². The molecule has 0 saturated carbocycles. The van der Waals surface area contributed by atoms with Crippen molar-refractivity contribution in [2.24, 2.45) is 0 Å². The zero-order chi connectivity index (χ0) is 15.0. The highest BCUT2D eigenvalue weighted by molar-refractivity contribution is 9.10. The summed E-state index contributed by atoms with van der Waals surface area (Å²) in [4.78, 5) is 24.0. The number of fused-ring (bicyclic) bond motifs is 1. The van der Waals surface area contributed by atoms with E-state index in [0.29, 0.717) is 22.6 Å². The molecule has 5 heteroatoms. The summed E-state index contributed by atoms with van der Waals surface area (Å²) in [5.41, 5.74) is 2.58. The van der Waals surface area contributed by atoms with E-state index in [1.807, 2.05) is 19.1 Å². The zero-order valence-electron chi connectivity index (χ0n) is 11.3. The molecule has 2 aromatic carbocycles. The number of nitrogens with one attached hydrogen (secondary N) is 1. The molecule has 21 heavy (non-hydrogen) atoms. The van der Waals surface area contributed by atoms with Crippen LogP contribution < -0.4 is 10.1 Å². The molecule has 4 nitrogen and oxygen atoms in total. The third-order valence-corrected chi connectivity index (χ3v) is 3.81. The maximum absolute atomic E-state index is 12.6. The van der Waals surface area contributed by atoms with Gasteiger partial charge in [0.25, 0.3) is 5.91 Å². The molecule has 0 spiro atoms. The summed E-state index contributed by atoms with van der Waals surface area (Å²) in [6, 6.07) is 10.6. The number of ketones is 1. The van der Waals surface area contributed by atoms with E-state index in [1.54, 1.807) is 24.3 Å². The summed E-state index contributed by atoms with van der Waals surface area (Å²) in [5, 5.41) is 2.71. The van der Waals surface area contributed by atoms with Crippen LogP contribution in [0.25, 0.3) is 0 Å². The lowest BCUT2D eigenvalue weighted by molar-refractivity contribution is -0.118. The maximum Gasteiger partial charge on any atom is 0.262 e. The fourth-order valence-corrected chi connectivity index (χ4v) is 2.58. The number of hydrogen-bond donors (Lipinski definition) is 1. The van der Waals surface area contributed by atoms with Gasteiger partial charge in [0.15, 0.2) is 12.4 Å². The normalized spacial score (nSPS) is 13.1. The van der Waals surface area contributed by atoms with Gasteiger partial charge < -0.3 is 10.1 Å². The second-order valence-electron chi connectivity index (χ2n) is 4.84. The Morgan fingerprint density at radius 3 is 2.86 bits per heavy atom. The number of carbonyl (C=O) groups is 2. The van der Waals surface area contributed by atoms with Gasteiger partial charge in [0.1, 0.15) is 5.75 Å². The molecule has 1 aliphatic rings. The second kappa shape index (κ2) is 5.33. The van der Waals surface area contributed by atoms with Gasteiger partial charge in [0, 0.05) is 15.6 Å². The summed E-state index contributed by atoms with van der Waals surface area (Å²) in [6.07, 6.45) is 0. The summed E-state index contributed by atoms with van der Waals surface area (Å²) in [5.74, 6) is 0.277. The van der Waals surface area contributed by atoms with E-state index in [4.69, 9.17) is 4.74 Å². The minimum atomic E-state index is -0.217. The van der Waals surface area contributed by atoms with Crippen molar-refractivity contribution < 1.29 is 14.3 Å². The highest BCUT2D eigenvalue weighted by atomic mass is 79.9. The van der Waals surface area contributed by atoms with Crippen molar-refractivity contribution in [2.75, 3.05) is 11.9 Å². The number of halogens is 1. The van der Waals surface area contributed by atoms with E-state index in [2.05, 4.69) is 21.2 Å². The number of ether oxygens (including phenoxy) is 1. The number of rotatable bonds is 2. The molecule has 0 aromatic heterocycles. The Kier molecular flexibility index (Phi) is 3.51. The minimum absolute atomic E-state index is 0.00499. The van der Waals surface area contributed by atoms with E-state index in [0.717, 1.165) is 10.0 Å². The molecule has 0 radical (unpaired) electrons. The first-order chi connectivity index (χ1) is 10.0. The highest BCUT2D eigenvalue weighted by Crippen LogP contribution is 2.30. The second-order valence-corrected chi connectivity index (χ2v) is 5.75. The van der Waals surface area contributed by atoms with Crippen LogP contribution >= 0.6 is 15.9 Å². The smallest absolute Gasteiger partial charge is 0.262 e. The number of hydrogen-bond acceptors (Lipinski definition) is 3. The quantitative estimate of drug-likeness (QED) is 0.849. The largest absolute Gasteiger partial charge is 0.482 e. The van der Waals surface area contributed by atoms with Gasteiger partial charge >= 0.3 is 0 Å². The Hall–Kier alpha value is -2.14. The molecule has 0 unspecified atom stereocenters. The average molecular weight is 346 g/mol. The van der Waals surface area contributed by atoms with Crippen LogP contribution in [0.4, 0.5) is 5.69 Å². The molecule has 1 aliphatic heterocycles. The third kappa shape index (κ3) is 2.69. The molecule has 2 aromatic rings. The van der Waals surface area contributed by atoms with Gasteiger partial charge in [-0.05, 0) is 42.8 Å². The zero-order valence-corrected chi connectivity index (χ0v) is 12.9. The van der Waals surface area contributed by atoms with Crippen molar-refractivity contribution >= 4 is 33.3 Å². The summed E-state index contributed by atoms with van der Waals surface area (Å²) < 4.78 is 6.14. The van der Waals surface area contributed by atoms with Crippen molar-refractivity contribution in [3.05, 3.63) is 57.6 Å². The summed E-state index contributed by atoms with van der Waals surface area (Å²) in [6.45, 7) is 1.90. The molecule has 106 valence electrons. The van der Waals surface area contributed by atoms with Crippen molar-refractivity contribution in [1.82, 2.24) is 0 Å². The van der Waals surface area contributed by atoms with Crippen molar-refractivity contribution in [1.29, 1.82) is 0 Å². The van der Waals surface area contributed by atoms with E-state index < -0.39 is 0 Å². The molecule has 1 amide bonds. The highest BCUT2D eigenvalue weighted by Gasteiger charge is 2.19. The summed E-state index contributed by atoms with van der Waals surface area (Å²) in [7, 11) is 0. The monoisotopic (exact) mass is 345 g/mol. The Morgan fingerprint density at radius 1 is 1.24 bits per heavy atom. The van der Waals surface area contributed by atoms with Gasteiger partial charge in [0.05, 0.1) is 5.69 Å². The number of carbonyl (C=O) groups excluding carboxylic acids is 2. The molecule has 1 heterocycles. The molecule has 3 rings (SSSR count). The van der Waals surface area contributed by atoms with Crippen LogP contribution in [0.1, 0.15) is 21.5 Å². The van der Waals surface area contributed by atoms with Gasteiger partial charge in [0.2, 0.25) is 0 Å². The molecule has 0 saturated heterocycles. The van der Waals surface area contributed by atoms with Crippen molar-refractivity contribution in [3.8, 4) is 5.75 Å². The van der Waals surface area contributed by atoms with Gasteiger partial charge in [-0.15, -0.1) is 0 Å².